The number of aromatic nitrogens is 1. The zero-order valence-electron chi connectivity index (χ0n) is 21.8. The molecule has 0 saturated heterocycles. The van der Waals surface area contributed by atoms with E-state index < -0.39 is 0 Å². The van der Waals surface area contributed by atoms with Crippen molar-refractivity contribution in [3.63, 3.8) is 0 Å². The summed E-state index contributed by atoms with van der Waals surface area (Å²) in [6.45, 7) is 11.3. The second kappa shape index (κ2) is 9.10. The average Bonchev–Trinajstić information content (AvgIpc) is 3.58. The largest absolute Gasteiger partial charge is 0.763 e. The maximum absolute atomic E-state index is 10.1. The van der Waals surface area contributed by atoms with Gasteiger partial charge in [-0.15, -0.1) is 11.3 Å². The average molecular weight is 501 g/mol. The molecular weight excluding hydrogens is 468 g/mol. The van der Waals surface area contributed by atoms with Gasteiger partial charge in [0.25, 0.3) is 0 Å². The molecule has 0 radical (unpaired) electrons. The third kappa shape index (κ3) is 3.85. The van der Waals surface area contributed by atoms with E-state index in [9.17, 15) is 5.41 Å². The highest BCUT2D eigenvalue weighted by Crippen LogP contribution is 2.42. The Hall–Kier alpha value is -3.52. The van der Waals surface area contributed by atoms with Crippen LogP contribution in [0.2, 0.25) is 0 Å². The lowest BCUT2D eigenvalue weighted by Gasteiger charge is -2.31. The summed E-state index contributed by atoms with van der Waals surface area (Å²) in [6.07, 6.45) is 7.40. The van der Waals surface area contributed by atoms with Gasteiger partial charge in [-0.3, -0.25) is 5.87 Å². The van der Waals surface area contributed by atoms with Crippen molar-refractivity contribution >= 4 is 37.4 Å². The van der Waals surface area contributed by atoms with Crippen molar-refractivity contribution in [2.45, 2.75) is 51.9 Å². The molecule has 0 amide bonds. The zero-order chi connectivity index (χ0) is 25.7. The van der Waals surface area contributed by atoms with Gasteiger partial charge in [-0.1, -0.05) is 75.2 Å². The first kappa shape index (κ1) is 23.9. The van der Waals surface area contributed by atoms with E-state index in [1.54, 1.807) is 11.3 Å². The van der Waals surface area contributed by atoms with Gasteiger partial charge >= 0.3 is 0 Å². The van der Waals surface area contributed by atoms with Gasteiger partial charge in [0.05, 0.1) is 9.92 Å². The fraction of sp³-hybridized carbons (Fsp3) is 0.265. The Labute approximate surface area is 222 Å². The molecule has 1 aliphatic rings. The van der Waals surface area contributed by atoms with E-state index in [-0.39, 0.29) is 5.41 Å². The number of pyridine rings is 1. The molecule has 0 unspecified atom stereocenters. The van der Waals surface area contributed by atoms with E-state index in [0.29, 0.717) is 5.92 Å². The first-order valence-corrected chi connectivity index (χ1v) is 14.0. The molecule has 3 heteroatoms. The van der Waals surface area contributed by atoms with E-state index in [1.165, 1.54) is 57.0 Å². The van der Waals surface area contributed by atoms with Gasteiger partial charge in [0.15, 0.2) is 6.20 Å². The Morgan fingerprint density at radius 3 is 2.46 bits per heavy atom. The SMILES string of the molecule is C=[n+]1ccc(C(C)(C)C2CCCC2)cc1=c1c(C)cc(=C=[N-])c2c1sc1c(-c3ccccc3)cccc12. The Morgan fingerprint density at radius 2 is 1.73 bits per heavy atom. The summed E-state index contributed by atoms with van der Waals surface area (Å²) in [6, 6.07) is 23.7. The molecule has 37 heavy (non-hydrogen) atoms. The van der Waals surface area contributed by atoms with Crippen LogP contribution in [0.3, 0.4) is 0 Å². The maximum Gasteiger partial charge on any atom is 0.219 e. The van der Waals surface area contributed by atoms with Gasteiger partial charge in [-0.05, 0) is 59.4 Å². The summed E-state index contributed by atoms with van der Waals surface area (Å²) >= 11 is 1.80. The van der Waals surface area contributed by atoms with Crippen LogP contribution in [0.1, 0.15) is 50.7 Å². The summed E-state index contributed by atoms with van der Waals surface area (Å²) in [4.78, 5) is 0. The van der Waals surface area contributed by atoms with Crippen LogP contribution in [0, 0.1) is 30.1 Å². The van der Waals surface area contributed by atoms with Crippen LogP contribution in [0.4, 0.5) is 0 Å². The topological polar surface area (TPSA) is 28.2 Å². The number of hydrogen-bond acceptors (Lipinski definition) is 1. The third-order valence-electron chi connectivity index (χ3n) is 8.58. The minimum atomic E-state index is 0.111. The summed E-state index contributed by atoms with van der Waals surface area (Å²) in [7, 11) is 0. The number of nitrogens with zero attached hydrogens (tertiary/aromatic N) is 2. The number of rotatable bonds is 3. The fourth-order valence-electron chi connectivity index (χ4n) is 6.38. The molecule has 1 saturated carbocycles. The molecule has 1 fully saturated rings. The second-order valence-corrected chi connectivity index (χ2v) is 12.1. The highest BCUT2D eigenvalue weighted by molar-refractivity contribution is 7.26. The number of hydrogen-bond donors (Lipinski definition) is 0. The molecule has 3 aromatic carbocycles. The molecule has 1 aliphatic carbocycles. The van der Waals surface area contributed by atoms with Crippen molar-refractivity contribution in [3.8, 4) is 11.1 Å². The molecule has 5 aromatic rings. The van der Waals surface area contributed by atoms with Gasteiger partial charge in [-0.25, -0.2) is 0 Å². The molecule has 0 aliphatic heterocycles. The molecule has 184 valence electrons. The molecule has 2 heterocycles. The van der Waals surface area contributed by atoms with Crippen molar-refractivity contribution in [3.05, 3.63) is 112 Å². The quantitative estimate of drug-likeness (QED) is 0.180. The van der Waals surface area contributed by atoms with Crippen LogP contribution < -0.4 is 9.46 Å². The molecule has 2 nitrogen and oxygen atoms in total. The predicted octanol–water partition coefficient (Wildman–Crippen LogP) is 7.62. The maximum atomic E-state index is 10.1. The van der Waals surface area contributed by atoms with Crippen LogP contribution in [0.25, 0.3) is 36.7 Å². The van der Waals surface area contributed by atoms with Gasteiger partial charge in [0.2, 0.25) is 5.35 Å². The van der Waals surface area contributed by atoms with Crippen LogP contribution in [0.15, 0.2) is 72.9 Å². The molecule has 0 atom stereocenters. The van der Waals surface area contributed by atoms with Crippen LogP contribution in [0.5, 0.6) is 0 Å². The van der Waals surface area contributed by atoms with Crippen LogP contribution >= 0.6 is 11.3 Å². The first-order chi connectivity index (χ1) is 17.9. The number of fused-ring (bicyclic) bond motifs is 3. The lowest BCUT2D eigenvalue weighted by molar-refractivity contribution is -0.510. The van der Waals surface area contributed by atoms with Gasteiger partial charge in [-0.2, -0.15) is 4.24 Å². The highest BCUT2D eigenvalue weighted by atomic mass is 32.1. The van der Waals surface area contributed by atoms with Gasteiger partial charge in [0, 0.05) is 32.8 Å². The minimum Gasteiger partial charge on any atom is -0.763 e. The molecule has 6 rings (SSSR count). The summed E-state index contributed by atoms with van der Waals surface area (Å²) in [5, 5.41) is 15.4. The standard InChI is InChI=1S/C34H32N2S/c1-22-19-24(21-35)31-28-16-10-15-27(23-11-6-5-7-12-23)32(28)37-33(31)30(22)29-20-26(17-18-36(29)4)34(2,3)25-13-8-9-14-25/h5-7,10-12,15-20,25H,4,8-9,13-14H2,1-3H3. The van der Waals surface area contributed by atoms with Crippen molar-refractivity contribution in [1.29, 1.82) is 0 Å². The highest BCUT2D eigenvalue weighted by Gasteiger charge is 2.34. The number of thiophene rings is 1. The van der Waals surface area contributed by atoms with Crippen molar-refractivity contribution in [2.75, 3.05) is 0 Å². The Morgan fingerprint density at radius 1 is 0.973 bits per heavy atom. The molecule has 0 N–H and O–H groups in total. The van der Waals surface area contributed by atoms with E-state index >= 15 is 0 Å². The second-order valence-electron chi connectivity index (χ2n) is 11.1. The number of aryl methyl sites for hydroxylation is 1. The smallest absolute Gasteiger partial charge is 0.219 e. The lowest BCUT2D eigenvalue weighted by Crippen LogP contribution is -2.28. The monoisotopic (exact) mass is 500 g/mol. The van der Waals surface area contributed by atoms with E-state index in [1.807, 2.05) is 4.24 Å². The van der Waals surface area contributed by atoms with Crippen molar-refractivity contribution < 1.29 is 4.24 Å². The Bertz CT molecular complexity index is 1890. The third-order valence-corrected chi connectivity index (χ3v) is 9.84. The van der Waals surface area contributed by atoms with Crippen LogP contribution in [-0.2, 0) is 5.41 Å². The zero-order valence-corrected chi connectivity index (χ0v) is 22.7. The van der Waals surface area contributed by atoms with E-state index in [0.717, 1.165) is 26.9 Å². The Balaban J connectivity index is 1.77. The predicted molar refractivity (Wildman–Crippen MR) is 157 cm³/mol. The summed E-state index contributed by atoms with van der Waals surface area (Å²) < 4.78 is 4.40. The minimum absolute atomic E-state index is 0.111. The van der Waals surface area contributed by atoms with Crippen LogP contribution in [-0.4, -0.2) is 5.87 Å². The first-order valence-electron chi connectivity index (χ1n) is 13.2. The van der Waals surface area contributed by atoms with Crippen molar-refractivity contribution in [2.24, 2.45) is 5.92 Å². The van der Waals surface area contributed by atoms with E-state index in [4.69, 9.17) is 0 Å². The van der Waals surface area contributed by atoms with Crippen molar-refractivity contribution in [1.82, 2.24) is 0 Å². The summed E-state index contributed by atoms with van der Waals surface area (Å²) in [5.41, 5.74) is 5.01. The fourth-order valence-corrected chi connectivity index (χ4v) is 7.85. The Kier molecular flexibility index (Phi) is 5.87. The van der Waals surface area contributed by atoms with Gasteiger partial charge < -0.3 is 5.41 Å². The number of benzene rings is 3. The normalized spacial score (nSPS) is 15.4. The summed E-state index contributed by atoms with van der Waals surface area (Å²) in [5.74, 6) is 3.21. The molecule has 2 aromatic heterocycles. The molecular formula is C34H32N2S. The van der Waals surface area contributed by atoms with Gasteiger partial charge in [0.1, 0.15) is 6.72 Å². The molecule has 0 spiro atoms. The van der Waals surface area contributed by atoms with E-state index in [2.05, 4.69) is 106 Å². The molecule has 0 bridgehead atoms. The lowest BCUT2D eigenvalue weighted by atomic mass is 9.73.